The molecule has 160 valence electrons. The van der Waals surface area contributed by atoms with Gasteiger partial charge in [-0.3, -0.25) is 9.59 Å². The summed E-state index contributed by atoms with van der Waals surface area (Å²) in [6.45, 7) is 5.44. The summed E-state index contributed by atoms with van der Waals surface area (Å²) < 4.78 is 0. The highest BCUT2D eigenvalue weighted by Gasteiger charge is 2.30. The summed E-state index contributed by atoms with van der Waals surface area (Å²) in [5.74, 6) is 0.149. The molecule has 4 nitrogen and oxygen atoms in total. The van der Waals surface area contributed by atoms with Crippen LogP contribution >= 0.6 is 0 Å². The molecule has 0 bridgehead atoms. The first-order chi connectivity index (χ1) is 14.6. The molecule has 30 heavy (non-hydrogen) atoms. The van der Waals surface area contributed by atoms with Gasteiger partial charge in [-0.1, -0.05) is 74.0 Å². The standard InChI is InChI=1S/C26H34N2O2/c1-3-11-20(2)27-26(30)23-16-10-17-28(19-23)25(29)18-24(21-12-6-4-7-13-21)22-14-8-5-9-15-22/h4-9,12-15,20,23-24H,3,10-11,16-19H2,1-2H3,(H,27,30)/t20-,23-/m0/s1. The van der Waals surface area contributed by atoms with Crippen LogP contribution in [0.25, 0.3) is 0 Å². The molecule has 0 saturated carbocycles. The van der Waals surface area contributed by atoms with Crippen molar-refractivity contribution < 1.29 is 9.59 Å². The van der Waals surface area contributed by atoms with Crippen LogP contribution in [0.15, 0.2) is 60.7 Å². The minimum atomic E-state index is -0.103. The van der Waals surface area contributed by atoms with Crippen molar-refractivity contribution in [3.05, 3.63) is 71.8 Å². The van der Waals surface area contributed by atoms with Crippen LogP contribution in [0.2, 0.25) is 0 Å². The van der Waals surface area contributed by atoms with E-state index in [9.17, 15) is 9.59 Å². The molecule has 0 unspecified atom stereocenters. The van der Waals surface area contributed by atoms with Crippen LogP contribution in [0, 0.1) is 5.92 Å². The minimum absolute atomic E-state index is 0.0266. The van der Waals surface area contributed by atoms with Crippen molar-refractivity contribution >= 4 is 11.8 Å². The van der Waals surface area contributed by atoms with E-state index in [1.54, 1.807) is 0 Å². The Balaban J connectivity index is 1.67. The molecular formula is C26H34N2O2. The van der Waals surface area contributed by atoms with Gasteiger partial charge in [-0.15, -0.1) is 0 Å². The van der Waals surface area contributed by atoms with Crippen LogP contribution in [-0.4, -0.2) is 35.8 Å². The predicted octanol–water partition coefficient (Wildman–Crippen LogP) is 4.75. The summed E-state index contributed by atoms with van der Waals surface area (Å²) in [6.07, 6.45) is 4.20. The Bertz CT molecular complexity index is 767. The van der Waals surface area contributed by atoms with Gasteiger partial charge in [0.25, 0.3) is 0 Å². The highest BCUT2D eigenvalue weighted by molar-refractivity contribution is 5.82. The number of hydrogen-bond acceptors (Lipinski definition) is 2. The topological polar surface area (TPSA) is 49.4 Å². The van der Waals surface area contributed by atoms with Crippen molar-refractivity contribution in [3.63, 3.8) is 0 Å². The minimum Gasteiger partial charge on any atom is -0.353 e. The van der Waals surface area contributed by atoms with Gasteiger partial charge in [-0.05, 0) is 37.3 Å². The Kier molecular flexibility index (Phi) is 8.06. The lowest BCUT2D eigenvalue weighted by Crippen LogP contribution is -2.47. The molecule has 2 aromatic rings. The first-order valence-electron chi connectivity index (χ1n) is 11.3. The van der Waals surface area contributed by atoms with E-state index in [1.807, 2.05) is 41.3 Å². The Hall–Kier alpha value is -2.62. The molecule has 0 aliphatic carbocycles. The van der Waals surface area contributed by atoms with Crippen molar-refractivity contribution in [2.75, 3.05) is 13.1 Å². The molecule has 2 amide bonds. The molecule has 2 aromatic carbocycles. The number of nitrogens with one attached hydrogen (secondary N) is 1. The second-order valence-electron chi connectivity index (χ2n) is 8.46. The molecule has 1 aliphatic rings. The first-order valence-corrected chi connectivity index (χ1v) is 11.3. The zero-order valence-corrected chi connectivity index (χ0v) is 18.2. The van der Waals surface area contributed by atoms with E-state index in [0.717, 1.165) is 43.4 Å². The third-order valence-electron chi connectivity index (χ3n) is 6.04. The van der Waals surface area contributed by atoms with Gasteiger partial charge in [-0.2, -0.15) is 0 Å². The van der Waals surface area contributed by atoms with Gasteiger partial charge in [0.2, 0.25) is 11.8 Å². The lowest BCUT2D eigenvalue weighted by molar-refractivity contribution is -0.136. The maximum atomic E-state index is 13.2. The molecule has 1 fully saturated rings. The van der Waals surface area contributed by atoms with Gasteiger partial charge in [0.15, 0.2) is 0 Å². The van der Waals surface area contributed by atoms with Gasteiger partial charge in [-0.25, -0.2) is 0 Å². The number of rotatable bonds is 8. The van der Waals surface area contributed by atoms with Crippen molar-refractivity contribution in [3.8, 4) is 0 Å². The fraction of sp³-hybridized carbons (Fsp3) is 0.462. The first kappa shape index (κ1) is 22.1. The van der Waals surface area contributed by atoms with Gasteiger partial charge >= 0.3 is 0 Å². The second kappa shape index (κ2) is 11.0. The fourth-order valence-electron chi connectivity index (χ4n) is 4.39. The van der Waals surface area contributed by atoms with Crippen LogP contribution in [0.5, 0.6) is 0 Å². The molecule has 0 aromatic heterocycles. The largest absolute Gasteiger partial charge is 0.353 e. The quantitative estimate of drug-likeness (QED) is 0.688. The monoisotopic (exact) mass is 406 g/mol. The Morgan fingerprint density at radius 2 is 1.63 bits per heavy atom. The number of benzene rings is 2. The highest BCUT2D eigenvalue weighted by Crippen LogP contribution is 2.29. The van der Waals surface area contributed by atoms with Crippen LogP contribution in [-0.2, 0) is 9.59 Å². The fourth-order valence-corrected chi connectivity index (χ4v) is 4.39. The average Bonchev–Trinajstić information content (AvgIpc) is 2.78. The van der Waals surface area contributed by atoms with Crippen molar-refractivity contribution in [2.24, 2.45) is 5.92 Å². The zero-order valence-electron chi connectivity index (χ0n) is 18.2. The number of nitrogens with zero attached hydrogens (tertiary/aromatic N) is 1. The van der Waals surface area contributed by atoms with E-state index >= 15 is 0 Å². The summed E-state index contributed by atoms with van der Waals surface area (Å²) >= 11 is 0. The van der Waals surface area contributed by atoms with E-state index in [2.05, 4.69) is 43.4 Å². The molecular weight excluding hydrogens is 372 g/mol. The van der Waals surface area contributed by atoms with Crippen LogP contribution < -0.4 is 5.32 Å². The third-order valence-corrected chi connectivity index (χ3v) is 6.04. The number of carbonyl (C=O) groups is 2. The number of piperidine rings is 1. The van der Waals surface area contributed by atoms with E-state index in [-0.39, 0.29) is 29.7 Å². The normalized spacial score (nSPS) is 17.6. The predicted molar refractivity (Wildman–Crippen MR) is 121 cm³/mol. The lowest BCUT2D eigenvalue weighted by Gasteiger charge is -2.33. The molecule has 0 spiro atoms. The Morgan fingerprint density at radius 3 is 2.20 bits per heavy atom. The summed E-state index contributed by atoms with van der Waals surface area (Å²) in [5, 5.41) is 3.13. The number of amides is 2. The van der Waals surface area contributed by atoms with Gasteiger partial charge < -0.3 is 10.2 Å². The van der Waals surface area contributed by atoms with Crippen LogP contribution in [0.1, 0.15) is 63.0 Å². The van der Waals surface area contributed by atoms with Gasteiger partial charge in [0, 0.05) is 31.5 Å². The molecule has 0 radical (unpaired) electrons. The molecule has 3 rings (SSSR count). The lowest BCUT2D eigenvalue weighted by atomic mass is 9.87. The molecule has 2 atom stereocenters. The number of hydrogen-bond donors (Lipinski definition) is 1. The SMILES string of the molecule is CCC[C@H](C)NC(=O)[C@H]1CCCN(C(=O)CC(c2ccccc2)c2ccccc2)C1. The maximum Gasteiger partial charge on any atom is 0.225 e. The van der Waals surface area contributed by atoms with Crippen molar-refractivity contribution in [1.82, 2.24) is 10.2 Å². The Labute approximate surface area is 180 Å². The van der Waals surface area contributed by atoms with Crippen LogP contribution in [0.4, 0.5) is 0 Å². The maximum absolute atomic E-state index is 13.2. The molecule has 1 heterocycles. The summed E-state index contributed by atoms with van der Waals surface area (Å²) in [5.41, 5.74) is 2.30. The summed E-state index contributed by atoms with van der Waals surface area (Å²) in [6, 6.07) is 20.6. The van der Waals surface area contributed by atoms with Gasteiger partial charge in [0.05, 0.1) is 5.92 Å². The van der Waals surface area contributed by atoms with E-state index < -0.39 is 0 Å². The van der Waals surface area contributed by atoms with Crippen molar-refractivity contribution in [2.45, 2.75) is 57.9 Å². The summed E-state index contributed by atoms with van der Waals surface area (Å²) in [7, 11) is 0. The van der Waals surface area contributed by atoms with E-state index in [0.29, 0.717) is 13.0 Å². The summed E-state index contributed by atoms with van der Waals surface area (Å²) in [4.78, 5) is 27.8. The molecule has 4 heteroatoms. The number of likely N-dealkylation sites (tertiary alicyclic amines) is 1. The third kappa shape index (κ3) is 5.94. The molecule has 1 N–H and O–H groups in total. The average molecular weight is 407 g/mol. The second-order valence-corrected chi connectivity index (χ2v) is 8.46. The van der Waals surface area contributed by atoms with Crippen molar-refractivity contribution in [1.29, 1.82) is 0 Å². The Morgan fingerprint density at radius 1 is 1.03 bits per heavy atom. The highest BCUT2D eigenvalue weighted by atomic mass is 16.2. The van der Waals surface area contributed by atoms with E-state index in [1.165, 1.54) is 0 Å². The smallest absolute Gasteiger partial charge is 0.225 e. The number of carbonyl (C=O) groups excluding carboxylic acids is 2. The van der Waals surface area contributed by atoms with Crippen LogP contribution in [0.3, 0.4) is 0 Å². The molecule has 1 aliphatic heterocycles. The van der Waals surface area contributed by atoms with E-state index in [4.69, 9.17) is 0 Å². The molecule has 1 saturated heterocycles. The van der Waals surface area contributed by atoms with Gasteiger partial charge in [0.1, 0.15) is 0 Å². The zero-order chi connectivity index (χ0) is 21.3.